The van der Waals surface area contributed by atoms with Crippen LogP contribution in [0.4, 0.5) is 0 Å². The number of aromatic nitrogens is 3. The van der Waals surface area contributed by atoms with E-state index in [-0.39, 0.29) is 24.2 Å². The van der Waals surface area contributed by atoms with Crippen molar-refractivity contribution < 1.29 is 9.59 Å². The summed E-state index contributed by atoms with van der Waals surface area (Å²) in [4.78, 5) is 24.6. The third-order valence-corrected chi connectivity index (χ3v) is 5.61. The predicted octanol–water partition coefficient (Wildman–Crippen LogP) is 2.46. The largest absolute Gasteiger partial charge is 0.368 e. The van der Waals surface area contributed by atoms with Crippen molar-refractivity contribution in [2.75, 3.05) is 5.75 Å². The van der Waals surface area contributed by atoms with Gasteiger partial charge in [-0.15, -0.1) is 21.5 Å². The normalized spacial score (nSPS) is 11.9. The second-order valence-electron chi connectivity index (χ2n) is 5.82. The van der Waals surface area contributed by atoms with Crippen molar-refractivity contribution in [1.29, 1.82) is 0 Å². The van der Waals surface area contributed by atoms with Gasteiger partial charge in [0, 0.05) is 0 Å². The Labute approximate surface area is 165 Å². The monoisotopic (exact) mass is 401 g/mol. The number of rotatable bonds is 8. The van der Waals surface area contributed by atoms with Gasteiger partial charge in [-0.25, -0.2) is 0 Å². The van der Waals surface area contributed by atoms with Crippen molar-refractivity contribution in [1.82, 2.24) is 20.1 Å². The molecule has 1 unspecified atom stereocenters. The Balaban J connectivity index is 1.66. The van der Waals surface area contributed by atoms with Crippen LogP contribution in [0, 0.1) is 0 Å². The van der Waals surface area contributed by atoms with Crippen LogP contribution in [0.5, 0.6) is 0 Å². The molecule has 27 heavy (non-hydrogen) atoms. The molecule has 0 aliphatic rings. The van der Waals surface area contributed by atoms with E-state index in [1.54, 1.807) is 4.57 Å². The quantitative estimate of drug-likeness (QED) is 0.565. The highest BCUT2D eigenvalue weighted by Crippen LogP contribution is 2.27. The summed E-state index contributed by atoms with van der Waals surface area (Å²) in [5.74, 6) is 0.127. The van der Waals surface area contributed by atoms with Gasteiger partial charge in [0.2, 0.25) is 11.8 Å². The second kappa shape index (κ2) is 8.83. The summed E-state index contributed by atoms with van der Waals surface area (Å²) in [7, 11) is 0. The van der Waals surface area contributed by atoms with Crippen molar-refractivity contribution in [3.63, 3.8) is 0 Å². The summed E-state index contributed by atoms with van der Waals surface area (Å²) in [6.07, 6.45) is 0. The molecule has 0 saturated heterocycles. The van der Waals surface area contributed by atoms with E-state index in [0.29, 0.717) is 11.0 Å². The molecule has 0 saturated carbocycles. The van der Waals surface area contributed by atoms with Gasteiger partial charge < -0.3 is 11.1 Å². The summed E-state index contributed by atoms with van der Waals surface area (Å²) in [6.45, 7) is 1.90. The van der Waals surface area contributed by atoms with E-state index < -0.39 is 5.91 Å². The van der Waals surface area contributed by atoms with Crippen LogP contribution in [0.1, 0.15) is 18.5 Å². The summed E-state index contributed by atoms with van der Waals surface area (Å²) < 4.78 is 1.65. The molecule has 0 aliphatic heterocycles. The lowest BCUT2D eigenvalue weighted by Crippen LogP contribution is -2.28. The maximum atomic E-state index is 12.3. The molecule has 3 N–H and O–H groups in total. The van der Waals surface area contributed by atoms with Gasteiger partial charge in [0.15, 0.2) is 11.0 Å². The third-order valence-electron chi connectivity index (χ3n) is 3.78. The molecule has 3 rings (SSSR count). The van der Waals surface area contributed by atoms with Gasteiger partial charge in [-0.1, -0.05) is 48.2 Å². The second-order valence-corrected chi connectivity index (χ2v) is 7.71. The average Bonchev–Trinajstić information content (AvgIpc) is 3.30. The van der Waals surface area contributed by atoms with E-state index in [2.05, 4.69) is 15.5 Å². The molecule has 0 aliphatic carbocycles. The van der Waals surface area contributed by atoms with Crippen LogP contribution < -0.4 is 11.1 Å². The smallest absolute Gasteiger partial charge is 0.237 e. The summed E-state index contributed by atoms with van der Waals surface area (Å²) in [5, 5.41) is 13.7. The zero-order valence-corrected chi connectivity index (χ0v) is 16.3. The summed E-state index contributed by atoms with van der Waals surface area (Å²) in [6, 6.07) is 13.4. The van der Waals surface area contributed by atoms with E-state index in [1.165, 1.54) is 23.1 Å². The van der Waals surface area contributed by atoms with E-state index in [0.717, 1.165) is 10.4 Å². The van der Waals surface area contributed by atoms with E-state index in [4.69, 9.17) is 5.73 Å². The van der Waals surface area contributed by atoms with Crippen LogP contribution in [0.15, 0.2) is 53.0 Å². The van der Waals surface area contributed by atoms with Crippen LogP contribution >= 0.6 is 23.1 Å². The number of primary amides is 1. The zero-order valence-electron chi connectivity index (χ0n) is 14.7. The molecule has 140 valence electrons. The summed E-state index contributed by atoms with van der Waals surface area (Å²) in [5.41, 5.74) is 6.40. The van der Waals surface area contributed by atoms with Crippen LogP contribution in [0.3, 0.4) is 0 Å². The molecule has 0 spiro atoms. The molecule has 0 bridgehead atoms. The number of benzene rings is 1. The Morgan fingerprint density at radius 1 is 1.22 bits per heavy atom. The van der Waals surface area contributed by atoms with Crippen molar-refractivity contribution in [3.05, 3.63) is 53.4 Å². The van der Waals surface area contributed by atoms with Crippen molar-refractivity contribution in [3.8, 4) is 10.7 Å². The molecule has 3 aromatic rings. The predicted molar refractivity (Wildman–Crippen MR) is 106 cm³/mol. The Morgan fingerprint density at radius 3 is 2.67 bits per heavy atom. The van der Waals surface area contributed by atoms with Gasteiger partial charge in [0.05, 0.1) is 16.7 Å². The highest BCUT2D eigenvalue weighted by Gasteiger charge is 2.18. The Hall–Kier alpha value is -2.65. The lowest BCUT2D eigenvalue weighted by atomic mass is 10.1. The van der Waals surface area contributed by atoms with Crippen LogP contribution in [-0.2, 0) is 16.1 Å². The lowest BCUT2D eigenvalue weighted by Gasteiger charge is -2.14. The Morgan fingerprint density at radius 2 is 2.00 bits per heavy atom. The number of amides is 2. The van der Waals surface area contributed by atoms with Gasteiger partial charge in [-0.2, -0.15) is 0 Å². The molecule has 1 atom stereocenters. The molecule has 1 aromatic carbocycles. The fourth-order valence-electron chi connectivity index (χ4n) is 2.52. The first-order valence-corrected chi connectivity index (χ1v) is 10.1. The molecule has 0 fully saturated rings. The van der Waals surface area contributed by atoms with E-state index in [9.17, 15) is 9.59 Å². The van der Waals surface area contributed by atoms with Gasteiger partial charge in [-0.3, -0.25) is 14.2 Å². The van der Waals surface area contributed by atoms with E-state index >= 15 is 0 Å². The minimum absolute atomic E-state index is 0.0371. The summed E-state index contributed by atoms with van der Waals surface area (Å²) >= 11 is 2.72. The fraction of sp³-hybridized carbons (Fsp3) is 0.222. The number of thiophene rings is 1. The zero-order chi connectivity index (χ0) is 19.2. The number of thioether (sulfide) groups is 1. The number of hydrogen-bond acceptors (Lipinski definition) is 6. The number of carbonyl (C=O) groups excluding carboxylic acids is 2. The molecule has 2 aromatic heterocycles. The number of nitrogens with one attached hydrogen (secondary N) is 1. The Kier molecular flexibility index (Phi) is 6.25. The number of nitrogens with two attached hydrogens (primary N) is 1. The fourth-order valence-corrected chi connectivity index (χ4v) is 3.99. The lowest BCUT2D eigenvalue weighted by molar-refractivity contribution is -0.119. The minimum Gasteiger partial charge on any atom is -0.368 e. The number of carbonyl (C=O) groups is 2. The highest BCUT2D eigenvalue weighted by molar-refractivity contribution is 7.99. The maximum absolute atomic E-state index is 12.3. The van der Waals surface area contributed by atoms with Gasteiger partial charge in [-0.05, 0) is 23.9 Å². The van der Waals surface area contributed by atoms with E-state index in [1.807, 2.05) is 54.8 Å². The van der Waals surface area contributed by atoms with Crippen LogP contribution in [0.2, 0.25) is 0 Å². The maximum Gasteiger partial charge on any atom is 0.237 e. The average molecular weight is 402 g/mol. The molecule has 0 radical (unpaired) electrons. The Bertz CT molecular complexity index is 909. The SMILES string of the molecule is CC(NC(=O)CSc1nnc(-c2cccs2)n1CC(N)=O)c1ccccc1. The van der Waals surface area contributed by atoms with Gasteiger partial charge in [0.1, 0.15) is 6.54 Å². The van der Waals surface area contributed by atoms with Crippen molar-refractivity contribution in [2.24, 2.45) is 5.73 Å². The number of hydrogen-bond donors (Lipinski definition) is 2. The molecule has 2 amide bonds. The minimum atomic E-state index is -0.489. The molecular weight excluding hydrogens is 382 g/mol. The standard InChI is InChI=1S/C18H19N5O2S2/c1-12(13-6-3-2-4-7-13)20-16(25)11-27-18-22-21-17(14-8-5-9-26-14)23(18)10-15(19)24/h2-9,12H,10-11H2,1H3,(H2,19,24)(H,20,25). The van der Waals surface area contributed by atoms with Crippen LogP contribution in [0.25, 0.3) is 10.7 Å². The van der Waals surface area contributed by atoms with Crippen molar-refractivity contribution >= 4 is 34.9 Å². The van der Waals surface area contributed by atoms with Gasteiger partial charge in [0.25, 0.3) is 0 Å². The molecule has 9 heteroatoms. The third kappa shape index (κ3) is 4.95. The first-order chi connectivity index (χ1) is 13.0. The topological polar surface area (TPSA) is 103 Å². The van der Waals surface area contributed by atoms with Gasteiger partial charge >= 0.3 is 0 Å². The first-order valence-electron chi connectivity index (χ1n) is 8.27. The molecular formula is C18H19N5O2S2. The van der Waals surface area contributed by atoms with Crippen molar-refractivity contribution in [2.45, 2.75) is 24.7 Å². The first kappa shape index (κ1) is 19.1. The highest BCUT2D eigenvalue weighted by atomic mass is 32.2. The number of nitrogens with zero attached hydrogens (tertiary/aromatic N) is 3. The molecule has 7 nitrogen and oxygen atoms in total. The van der Waals surface area contributed by atoms with Crippen LogP contribution in [-0.4, -0.2) is 32.3 Å². The molecule has 2 heterocycles.